The molecule has 4 rings (SSSR count). The summed E-state index contributed by atoms with van der Waals surface area (Å²) in [6.45, 7) is 14.9. The Morgan fingerprint density at radius 1 is 0.311 bits per heavy atom. The van der Waals surface area contributed by atoms with Crippen molar-refractivity contribution in [1.82, 2.24) is 0 Å². The van der Waals surface area contributed by atoms with E-state index in [1.165, 1.54) is 77.0 Å². The Balaban J connectivity index is 2.10. The first-order chi connectivity index (χ1) is 30.2. The molecule has 0 N–H and O–H groups in total. The van der Waals surface area contributed by atoms with Crippen molar-refractivity contribution in [2.24, 2.45) is 0 Å². The van der Waals surface area contributed by atoms with Crippen molar-refractivity contribution in [3.63, 3.8) is 0 Å². The molecular weight excluding hydrogens is 824 g/mol. The van der Waals surface area contributed by atoms with Crippen molar-refractivity contribution in [3.05, 3.63) is 36.4 Å². The predicted molar refractivity (Wildman–Crippen MR) is 265 cm³/mol. The minimum atomic E-state index is 0.579. The van der Waals surface area contributed by atoms with Gasteiger partial charge in [-0.2, -0.15) is 0 Å². The molecule has 0 atom stereocenters. The van der Waals surface area contributed by atoms with Crippen molar-refractivity contribution >= 4 is 48.2 Å². The van der Waals surface area contributed by atoms with E-state index < -0.39 is 0 Å². The fourth-order valence-corrected chi connectivity index (χ4v) is 8.57. The third-order valence-electron chi connectivity index (χ3n) is 11.7. The van der Waals surface area contributed by atoms with Crippen LogP contribution in [0.2, 0.25) is 0 Å². The lowest BCUT2D eigenvalue weighted by Crippen LogP contribution is -2.10. The maximum Gasteiger partial charge on any atom is 0.208 e. The summed E-state index contributed by atoms with van der Waals surface area (Å²) in [5.74, 6) is 4.42. The lowest BCUT2D eigenvalue weighted by atomic mass is 9.91. The molecule has 0 unspecified atom stereocenters. The quantitative estimate of drug-likeness (QED) is 0.0255. The molecule has 0 saturated carbocycles. The van der Waals surface area contributed by atoms with Crippen LogP contribution in [0.1, 0.15) is 189 Å². The van der Waals surface area contributed by atoms with Crippen molar-refractivity contribution < 1.29 is 28.4 Å². The topological polar surface area (TPSA) is 55.4 Å². The largest absolute Gasteiger partial charge is 0.490 e. The summed E-state index contributed by atoms with van der Waals surface area (Å²) in [6, 6.07) is 13.1. The lowest BCUT2D eigenvalue weighted by Gasteiger charge is -2.26. The normalized spacial score (nSPS) is 11.5. The van der Waals surface area contributed by atoms with E-state index in [-0.39, 0.29) is 0 Å². The van der Waals surface area contributed by atoms with Gasteiger partial charge >= 0.3 is 0 Å². The molecular formula is C54H83BrO6. The molecule has 0 aliphatic carbocycles. The average molecular weight is 908 g/mol. The van der Waals surface area contributed by atoms with Gasteiger partial charge in [-0.3, -0.25) is 0 Å². The second-order valence-electron chi connectivity index (χ2n) is 16.9. The zero-order valence-electron chi connectivity index (χ0n) is 39.2. The van der Waals surface area contributed by atoms with E-state index in [1.54, 1.807) is 0 Å². The van der Waals surface area contributed by atoms with Crippen LogP contribution in [-0.2, 0) is 0 Å². The Morgan fingerprint density at radius 3 is 1.11 bits per heavy atom. The highest BCUT2D eigenvalue weighted by Crippen LogP contribution is 2.58. The van der Waals surface area contributed by atoms with Crippen molar-refractivity contribution in [1.29, 1.82) is 0 Å². The number of hydrogen-bond donors (Lipinski definition) is 0. The van der Waals surface area contributed by atoms with E-state index >= 15 is 0 Å². The third kappa shape index (κ3) is 15.9. The Hall–Kier alpha value is -3.06. The van der Waals surface area contributed by atoms with Gasteiger partial charge in [0.25, 0.3) is 0 Å². The van der Waals surface area contributed by atoms with E-state index in [0.29, 0.717) is 51.1 Å². The number of fused-ring (bicyclic) bond motifs is 6. The molecule has 0 aliphatic rings. The van der Waals surface area contributed by atoms with Crippen LogP contribution in [0.3, 0.4) is 0 Å². The zero-order chi connectivity index (χ0) is 43.3. The molecule has 7 heteroatoms. The molecule has 0 aliphatic heterocycles. The highest BCUT2D eigenvalue weighted by Gasteiger charge is 2.30. The van der Waals surface area contributed by atoms with Gasteiger partial charge in [0.05, 0.1) is 39.6 Å². The van der Waals surface area contributed by atoms with Crippen LogP contribution in [-0.4, -0.2) is 45.0 Å². The summed E-state index contributed by atoms with van der Waals surface area (Å²) in [6.07, 6.45) is 26.8. The molecule has 4 aromatic carbocycles. The first-order valence-corrected chi connectivity index (χ1v) is 26.1. The number of halogens is 1. The van der Waals surface area contributed by atoms with E-state index in [2.05, 4.69) is 86.9 Å². The van der Waals surface area contributed by atoms with E-state index in [1.807, 2.05) is 0 Å². The smallest absolute Gasteiger partial charge is 0.208 e. The standard InChI is InChI=1S/C54H83BrO6/c1-6-11-16-26-38-57-50-46(56-37-31-22-21-25-36-55)35-34-45-43-32-23-24-33-44(43)48-49(47(45)50)52(59-40-28-18-13-8-3)54(61-42-30-20-15-10-5)53(60-41-29-19-14-9-4)51(48)58-39-27-17-12-7-2/h23-24,32-35H,6-22,25-31,36-42H2,1-5H3. The second kappa shape index (κ2) is 30.9. The molecule has 0 radical (unpaired) electrons. The average Bonchev–Trinajstić information content (AvgIpc) is 3.28. The minimum absolute atomic E-state index is 0.579. The van der Waals surface area contributed by atoms with Gasteiger partial charge in [0, 0.05) is 21.5 Å². The molecule has 61 heavy (non-hydrogen) atoms. The molecule has 0 saturated heterocycles. The zero-order valence-corrected chi connectivity index (χ0v) is 40.8. The Bertz CT molecular complexity index is 1790. The van der Waals surface area contributed by atoms with Crippen molar-refractivity contribution in [3.8, 4) is 34.5 Å². The van der Waals surface area contributed by atoms with E-state index in [0.717, 1.165) is 138 Å². The van der Waals surface area contributed by atoms with Gasteiger partial charge in [0.1, 0.15) is 0 Å². The van der Waals surface area contributed by atoms with E-state index in [4.69, 9.17) is 28.4 Å². The van der Waals surface area contributed by atoms with Crippen molar-refractivity contribution in [2.45, 2.75) is 189 Å². The number of benzene rings is 4. The molecule has 342 valence electrons. The number of hydrogen-bond acceptors (Lipinski definition) is 6. The third-order valence-corrected chi connectivity index (χ3v) is 12.2. The molecule has 0 spiro atoms. The van der Waals surface area contributed by atoms with Crippen LogP contribution >= 0.6 is 15.9 Å². The molecule has 4 aromatic rings. The number of ether oxygens (including phenoxy) is 6. The second-order valence-corrected chi connectivity index (χ2v) is 17.7. The van der Waals surface area contributed by atoms with Crippen LogP contribution in [0.15, 0.2) is 36.4 Å². The maximum atomic E-state index is 7.16. The van der Waals surface area contributed by atoms with Gasteiger partial charge < -0.3 is 28.4 Å². The summed E-state index contributed by atoms with van der Waals surface area (Å²) < 4.78 is 42.0. The number of unbranched alkanes of at least 4 members (excludes halogenated alkanes) is 18. The van der Waals surface area contributed by atoms with Crippen LogP contribution in [0.25, 0.3) is 32.3 Å². The molecule has 0 amide bonds. The maximum absolute atomic E-state index is 7.16. The summed E-state index contributed by atoms with van der Waals surface area (Å²) >= 11 is 3.60. The van der Waals surface area contributed by atoms with Gasteiger partial charge in [-0.25, -0.2) is 0 Å². The predicted octanol–water partition coefficient (Wildman–Crippen LogP) is 17.3. The summed E-state index contributed by atoms with van der Waals surface area (Å²) in [7, 11) is 0. The van der Waals surface area contributed by atoms with Gasteiger partial charge in [-0.15, -0.1) is 0 Å². The monoisotopic (exact) mass is 907 g/mol. The van der Waals surface area contributed by atoms with Crippen LogP contribution in [0, 0.1) is 0 Å². The van der Waals surface area contributed by atoms with Crippen molar-refractivity contribution in [2.75, 3.05) is 45.0 Å². The Labute approximate surface area is 379 Å². The molecule has 0 aromatic heterocycles. The molecule has 0 fully saturated rings. The summed E-state index contributed by atoms with van der Waals surface area (Å²) in [5, 5.41) is 7.40. The SMILES string of the molecule is CCCCCCOc1c(OCCCCCC)c(OCCCCCC)c2c3c(OCCCCCC)c(OCCCCCCBr)ccc3c3ccccc3c2c1OCCCCCC. The first kappa shape index (κ1) is 50.6. The number of rotatable bonds is 37. The minimum Gasteiger partial charge on any atom is -0.490 e. The van der Waals surface area contributed by atoms with Crippen LogP contribution in [0.4, 0.5) is 0 Å². The summed E-state index contributed by atoms with van der Waals surface area (Å²) in [4.78, 5) is 0. The van der Waals surface area contributed by atoms with Crippen LogP contribution < -0.4 is 28.4 Å². The molecule has 0 heterocycles. The highest BCUT2D eigenvalue weighted by atomic mass is 79.9. The highest BCUT2D eigenvalue weighted by molar-refractivity contribution is 9.09. The molecule has 0 bridgehead atoms. The van der Waals surface area contributed by atoms with Gasteiger partial charge in [0.15, 0.2) is 23.0 Å². The first-order valence-electron chi connectivity index (χ1n) is 25.0. The van der Waals surface area contributed by atoms with E-state index in [9.17, 15) is 0 Å². The van der Waals surface area contributed by atoms with Gasteiger partial charge in [-0.05, 0) is 73.2 Å². The number of alkyl halides is 1. The van der Waals surface area contributed by atoms with Gasteiger partial charge in [-0.1, -0.05) is 184 Å². The molecule has 6 nitrogen and oxygen atoms in total. The van der Waals surface area contributed by atoms with Gasteiger partial charge in [0.2, 0.25) is 11.5 Å². The fraction of sp³-hybridized carbons (Fsp3) is 0.667. The Kier molecular flexibility index (Phi) is 25.6. The fourth-order valence-electron chi connectivity index (χ4n) is 8.17. The van der Waals surface area contributed by atoms with Crippen LogP contribution in [0.5, 0.6) is 34.5 Å². The Morgan fingerprint density at radius 2 is 0.656 bits per heavy atom. The lowest BCUT2D eigenvalue weighted by molar-refractivity contribution is 0.222. The summed E-state index contributed by atoms with van der Waals surface area (Å²) in [5.41, 5.74) is 0.